The summed E-state index contributed by atoms with van der Waals surface area (Å²) in [4.78, 5) is 0. The molecule has 1 unspecified atom stereocenters. The molecule has 0 saturated carbocycles. The lowest BCUT2D eigenvalue weighted by molar-refractivity contribution is -0.893. The highest BCUT2D eigenvalue weighted by Gasteiger charge is 2.18. The summed E-state index contributed by atoms with van der Waals surface area (Å²) < 4.78 is 0.940. The van der Waals surface area contributed by atoms with Crippen LogP contribution in [0, 0.1) is 0 Å². The third kappa shape index (κ3) is 3.04. The Labute approximate surface area is 86.4 Å². The minimum atomic E-state index is 0.358. The zero-order valence-electron chi connectivity index (χ0n) is 9.49. The quantitative estimate of drug-likeness (QED) is 0.730. The van der Waals surface area contributed by atoms with Crippen molar-refractivity contribution in [2.75, 3.05) is 21.1 Å². The topological polar surface area (TPSA) is 20.2 Å². The van der Waals surface area contributed by atoms with Gasteiger partial charge in [-0.15, -0.1) is 0 Å². The van der Waals surface area contributed by atoms with Gasteiger partial charge < -0.3 is 9.59 Å². The second kappa shape index (κ2) is 4.01. The minimum Gasteiger partial charge on any atom is -0.508 e. The molecule has 0 aliphatic heterocycles. The summed E-state index contributed by atoms with van der Waals surface area (Å²) in [5.74, 6) is 0.358. The van der Waals surface area contributed by atoms with Crippen LogP contribution in [-0.4, -0.2) is 36.8 Å². The Balaban J connectivity index is 2.70. The highest BCUT2D eigenvalue weighted by Crippen LogP contribution is 2.15. The van der Waals surface area contributed by atoms with E-state index in [-0.39, 0.29) is 0 Å². The van der Waals surface area contributed by atoms with Crippen LogP contribution in [0.5, 0.6) is 5.75 Å². The van der Waals surface area contributed by atoms with Crippen molar-refractivity contribution >= 4 is 0 Å². The molecule has 0 aliphatic carbocycles. The average molecular weight is 194 g/mol. The van der Waals surface area contributed by atoms with Crippen molar-refractivity contribution in [3.05, 3.63) is 29.8 Å². The van der Waals surface area contributed by atoms with Gasteiger partial charge in [0.1, 0.15) is 5.75 Å². The van der Waals surface area contributed by atoms with Crippen LogP contribution < -0.4 is 0 Å². The maximum Gasteiger partial charge on any atom is 0.115 e. The maximum absolute atomic E-state index is 9.32. The van der Waals surface area contributed by atoms with E-state index in [0.717, 1.165) is 10.9 Å². The highest BCUT2D eigenvalue weighted by atomic mass is 16.3. The SMILES string of the molecule is CC(Cc1cccc(O)c1)[N+](C)(C)C. The molecule has 0 radical (unpaired) electrons. The van der Waals surface area contributed by atoms with Crippen molar-refractivity contribution in [2.24, 2.45) is 0 Å². The lowest BCUT2D eigenvalue weighted by Crippen LogP contribution is -2.44. The van der Waals surface area contributed by atoms with Gasteiger partial charge in [0.05, 0.1) is 27.2 Å². The lowest BCUT2D eigenvalue weighted by atomic mass is 10.1. The molecular weight excluding hydrogens is 174 g/mol. The number of quaternary nitrogens is 1. The predicted molar refractivity (Wildman–Crippen MR) is 59.3 cm³/mol. The molecular formula is C12H20NO+. The standard InChI is InChI=1S/C12H19NO/c1-10(13(2,3)4)8-11-6-5-7-12(14)9-11/h5-7,9-10H,8H2,1-4H3/p+1. The van der Waals surface area contributed by atoms with Crippen LogP contribution in [0.4, 0.5) is 0 Å². The first-order valence-electron chi connectivity index (χ1n) is 4.98. The third-order valence-corrected chi connectivity index (χ3v) is 2.76. The van der Waals surface area contributed by atoms with Crippen LogP contribution in [0.25, 0.3) is 0 Å². The molecule has 14 heavy (non-hydrogen) atoms. The molecule has 0 aliphatic rings. The van der Waals surface area contributed by atoms with E-state index >= 15 is 0 Å². The van der Waals surface area contributed by atoms with Crippen molar-refractivity contribution in [3.8, 4) is 5.75 Å². The number of benzene rings is 1. The Morgan fingerprint density at radius 3 is 2.43 bits per heavy atom. The molecule has 1 atom stereocenters. The van der Waals surface area contributed by atoms with Gasteiger partial charge in [0, 0.05) is 6.42 Å². The predicted octanol–water partition coefficient (Wildman–Crippen LogP) is 2.03. The van der Waals surface area contributed by atoms with E-state index in [0.29, 0.717) is 11.8 Å². The third-order valence-electron chi connectivity index (χ3n) is 2.76. The number of hydrogen-bond acceptors (Lipinski definition) is 1. The second-order valence-electron chi connectivity index (χ2n) is 4.84. The van der Waals surface area contributed by atoms with E-state index < -0.39 is 0 Å². The Morgan fingerprint density at radius 2 is 1.93 bits per heavy atom. The Morgan fingerprint density at radius 1 is 1.29 bits per heavy atom. The first-order chi connectivity index (χ1) is 6.39. The fourth-order valence-corrected chi connectivity index (χ4v) is 1.30. The van der Waals surface area contributed by atoms with Gasteiger partial charge in [-0.05, 0) is 24.6 Å². The van der Waals surface area contributed by atoms with Crippen LogP contribution in [0.3, 0.4) is 0 Å². The van der Waals surface area contributed by atoms with Gasteiger partial charge in [-0.25, -0.2) is 0 Å². The largest absolute Gasteiger partial charge is 0.508 e. The molecule has 0 aromatic heterocycles. The van der Waals surface area contributed by atoms with Gasteiger partial charge in [-0.2, -0.15) is 0 Å². The number of phenolic OH excluding ortho intramolecular Hbond substituents is 1. The van der Waals surface area contributed by atoms with Crippen LogP contribution in [0.15, 0.2) is 24.3 Å². The summed E-state index contributed by atoms with van der Waals surface area (Å²) in [7, 11) is 6.56. The molecule has 0 bridgehead atoms. The number of likely N-dealkylation sites (N-methyl/N-ethyl adjacent to an activating group) is 1. The monoisotopic (exact) mass is 194 g/mol. The van der Waals surface area contributed by atoms with Gasteiger partial charge in [-0.3, -0.25) is 0 Å². The van der Waals surface area contributed by atoms with Crippen LogP contribution >= 0.6 is 0 Å². The first-order valence-corrected chi connectivity index (χ1v) is 4.98. The van der Waals surface area contributed by atoms with Crippen LogP contribution in [0.2, 0.25) is 0 Å². The second-order valence-corrected chi connectivity index (χ2v) is 4.84. The molecule has 0 spiro atoms. The number of rotatable bonds is 3. The number of phenols is 1. The molecule has 1 rings (SSSR count). The number of nitrogens with zero attached hydrogens (tertiary/aromatic N) is 1. The highest BCUT2D eigenvalue weighted by molar-refractivity contribution is 5.27. The van der Waals surface area contributed by atoms with E-state index in [4.69, 9.17) is 0 Å². The summed E-state index contributed by atoms with van der Waals surface area (Å²) >= 11 is 0. The van der Waals surface area contributed by atoms with Gasteiger partial charge in [0.2, 0.25) is 0 Å². The first kappa shape index (κ1) is 11.1. The summed E-state index contributed by atoms with van der Waals surface area (Å²) in [6.07, 6.45) is 0.998. The van der Waals surface area contributed by atoms with E-state index in [1.165, 1.54) is 5.56 Å². The van der Waals surface area contributed by atoms with E-state index in [1.807, 2.05) is 12.1 Å². The molecule has 2 nitrogen and oxygen atoms in total. The molecule has 1 N–H and O–H groups in total. The lowest BCUT2D eigenvalue weighted by Gasteiger charge is -2.31. The summed E-state index contributed by atoms with van der Waals surface area (Å²) in [6, 6.07) is 8.06. The number of aromatic hydroxyl groups is 1. The summed E-state index contributed by atoms with van der Waals surface area (Å²) in [6.45, 7) is 2.23. The Hall–Kier alpha value is -1.02. The van der Waals surface area contributed by atoms with Crippen molar-refractivity contribution in [3.63, 3.8) is 0 Å². The van der Waals surface area contributed by atoms with Crippen LogP contribution in [0.1, 0.15) is 12.5 Å². The zero-order valence-corrected chi connectivity index (χ0v) is 9.49. The van der Waals surface area contributed by atoms with Gasteiger partial charge >= 0.3 is 0 Å². The Kier molecular flexibility index (Phi) is 3.17. The van der Waals surface area contributed by atoms with E-state index in [1.54, 1.807) is 6.07 Å². The van der Waals surface area contributed by atoms with Crippen LogP contribution in [-0.2, 0) is 6.42 Å². The van der Waals surface area contributed by atoms with Gasteiger partial charge in [0.25, 0.3) is 0 Å². The molecule has 0 fully saturated rings. The molecule has 1 aromatic carbocycles. The normalized spacial score (nSPS) is 14.0. The average Bonchev–Trinajstić information content (AvgIpc) is 2.02. The number of hydrogen-bond donors (Lipinski definition) is 1. The van der Waals surface area contributed by atoms with Crippen molar-refractivity contribution in [1.29, 1.82) is 0 Å². The molecule has 0 heterocycles. The fraction of sp³-hybridized carbons (Fsp3) is 0.500. The van der Waals surface area contributed by atoms with Crippen molar-refractivity contribution in [2.45, 2.75) is 19.4 Å². The molecule has 2 heteroatoms. The Bertz CT molecular complexity index is 301. The fourth-order valence-electron chi connectivity index (χ4n) is 1.30. The van der Waals surface area contributed by atoms with E-state index in [9.17, 15) is 5.11 Å². The van der Waals surface area contributed by atoms with E-state index in [2.05, 4.69) is 34.1 Å². The molecule has 0 amide bonds. The summed E-state index contributed by atoms with van der Waals surface area (Å²) in [5, 5.41) is 9.32. The minimum absolute atomic E-state index is 0.358. The smallest absolute Gasteiger partial charge is 0.115 e. The summed E-state index contributed by atoms with van der Waals surface area (Å²) in [5.41, 5.74) is 1.20. The van der Waals surface area contributed by atoms with Crippen molar-refractivity contribution in [1.82, 2.24) is 0 Å². The van der Waals surface area contributed by atoms with Gasteiger partial charge in [-0.1, -0.05) is 12.1 Å². The molecule has 1 aromatic rings. The van der Waals surface area contributed by atoms with Gasteiger partial charge in [0.15, 0.2) is 0 Å². The maximum atomic E-state index is 9.32. The van der Waals surface area contributed by atoms with Crippen molar-refractivity contribution < 1.29 is 9.59 Å². The molecule has 78 valence electrons. The molecule has 0 saturated heterocycles. The zero-order chi connectivity index (χ0) is 10.8.